The van der Waals surface area contributed by atoms with Crippen molar-refractivity contribution in [3.8, 4) is 5.88 Å². The Bertz CT molecular complexity index is 391. The number of hydrogen-bond donors (Lipinski definition) is 1. The van der Waals surface area contributed by atoms with E-state index in [1.807, 2.05) is 0 Å². The first-order valence-corrected chi connectivity index (χ1v) is 4.55. The van der Waals surface area contributed by atoms with E-state index in [-0.39, 0.29) is 17.7 Å². The largest absolute Gasteiger partial charge is 0.468 e. The molecule has 2 rings (SSSR count). The number of rotatable bonds is 2. The SMILES string of the molecule is Nc1ccc(C(F)(F)F)nc1OC1COC1. The molecule has 88 valence electrons. The zero-order valence-corrected chi connectivity index (χ0v) is 8.12. The van der Waals surface area contributed by atoms with Crippen LogP contribution in [0.25, 0.3) is 0 Å². The second kappa shape index (κ2) is 3.82. The van der Waals surface area contributed by atoms with Gasteiger partial charge in [-0.3, -0.25) is 0 Å². The summed E-state index contributed by atoms with van der Waals surface area (Å²) in [5.41, 5.74) is 4.53. The molecule has 16 heavy (non-hydrogen) atoms. The van der Waals surface area contributed by atoms with Crippen LogP contribution >= 0.6 is 0 Å². The molecule has 2 N–H and O–H groups in total. The van der Waals surface area contributed by atoms with Gasteiger partial charge in [0.25, 0.3) is 0 Å². The second-order valence-corrected chi connectivity index (χ2v) is 3.37. The average molecular weight is 234 g/mol. The lowest BCUT2D eigenvalue weighted by Crippen LogP contribution is -2.39. The van der Waals surface area contributed by atoms with Crippen LogP contribution in [0.5, 0.6) is 5.88 Å². The number of hydrogen-bond acceptors (Lipinski definition) is 4. The fourth-order valence-corrected chi connectivity index (χ4v) is 1.14. The Morgan fingerprint density at radius 1 is 1.38 bits per heavy atom. The Hall–Kier alpha value is -1.50. The maximum atomic E-state index is 12.3. The molecular weight excluding hydrogens is 225 g/mol. The van der Waals surface area contributed by atoms with Crippen LogP contribution in [0, 0.1) is 0 Å². The molecule has 0 aliphatic carbocycles. The molecule has 0 saturated carbocycles. The van der Waals surface area contributed by atoms with Crippen LogP contribution in [0.15, 0.2) is 12.1 Å². The van der Waals surface area contributed by atoms with E-state index in [2.05, 4.69) is 4.98 Å². The minimum absolute atomic E-state index is 0.0832. The van der Waals surface area contributed by atoms with Crippen LogP contribution in [0.4, 0.5) is 18.9 Å². The first-order valence-electron chi connectivity index (χ1n) is 4.55. The van der Waals surface area contributed by atoms with Gasteiger partial charge in [-0.25, -0.2) is 4.98 Å². The van der Waals surface area contributed by atoms with Gasteiger partial charge in [0.15, 0.2) is 0 Å². The van der Waals surface area contributed by atoms with Gasteiger partial charge in [-0.1, -0.05) is 0 Å². The van der Waals surface area contributed by atoms with Gasteiger partial charge in [0.05, 0.1) is 18.9 Å². The Balaban J connectivity index is 2.21. The van der Waals surface area contributed by atoms with E-state index in [0.717, 1.165) is 12.1 Å². The van der Waals surface area contributed by atoms with Crippen LogP contribution < -0.4 is 10.5 Å². The highest BCUT2D eigenvalue weighted by atomic mass is 19.4. The summed E-state index contributed by atoms with van der Waals surface area (Å²) >= 11 is 0. The summed E-state index contributed by atoms with van der Waals surface area (Å²) in [7, 11) is 0. The molecule has 1 fully saturated rings. The maximum absolute atomic E-state index is 12.3. The van der Waals surface area contributed by atoms with Crippen molar-refractivity contribution in [3.05, 3.63) is 17.8 Å². The van der Waals surface area contributed by atoms with Crippen LogP contribution in [0.3, 0.4) is 0 Å². The molecule has 2 heterocycles. The summed E-state index contributed by atoms with van der Waals surface area (Å²) in [6, 6.07) is 1.95. The highest BCUT2D eigenvalue weighted by Crippen LogP contribution is 2.31. The third kappa shape index (κ3) is 2.19. The molecule has 1 aromatic rings. The molecule has 1 aromatic heterocycles. The van der Waals surface area contributed by atoms with Crippen molar-refractivity contribution in [3.63, 3.8) is 0 Å². The van der Waals surface area contributed by atoms with Gasteiger partial charge >= 0.3 is 6.18 Å². The number of nitrogens with zero attached hydrogens (tertiary/aromatic N) is 1. The standard InChI is InChI=1S/C9H9F3N2O2/c10-9(11,12)7-2-1-6(13)8(14-7)16-5-3-15-4-5/h1-2,5H,3-4,13H2. The van der Waals surface area contributed by atoms with E-state index in [9.17, 15) is 13.2 Å². The number of ether oxygens (including phenoxy) is 2. The maximum Gasteiger partial charge on any atom is 0.433 e. The minimum Gasteiger partial charge on any atom is -0.468 e. The van der Waals surface area contributed by atoms with E-state index in [0.29, 0.717) is 13.2 Å². The van der Waals surface area contributed by atoms with Crippen LogP contribution in [0.1, 0.15) is 5.69 Å². The van der Waals surface area contributed by atoms with Gasteiger partial charge in [0, 0.05) is 0 Å². The molecule has 0 radical (unpaired) electrons. The Labute approximate surface area is 89.2 Å². The first-order chi connectivity index (χ1) is 7.47. The third-order valence-electron chi connectivity index (χ3n) is 2.07. The zero-order chi connectivity index (χ0) is 11.8. The van der Waals surface area contributed by atoms with E-state index in [1.54, 1.807) is 0 Å². The lowest BCUT2D eigenvalue weighted by atomic mass is 10.3. The summed E-state index contributed by atoms with van der Waals surface area (Å²) in [6.45, 7) is 0.689. The van der Waals surface area contributed by atoms with Crippen molar-refractivity contribution in [1.82, 2.24) is 4.98 Å². The van der Waals surface area contributed by atoms with Crippen molar-refractivity contribution in [1.29, 1.82) is 0 Å². The molecule has 0 unspecified atom stereocenters. The predicted octanol–water partition coefficient (Wildman–Crippen LogP) is 1.46. The van der Waals surface area contributed by atoms with Gasteiger partial charge in [-0.15, -0.1) is 0 Å². The molecular formula is C9H9F3N2O2. The number of aromatic nitrogens is 1. The van der Waals surface area contributed by atoms with Crippen LogP contribution in [-0.4, -0.2) is 24.3 Å². The van der Waals surface area contributed by atoms with Crippen molar-refractivity contribution >= 4 is 5.69 Å². The molecule has 1 aliphatic heterocycles. The van der Waals surface area contributed by atoms with Gasteiger partial charge in [0.1, 0.15) is 11.8 Å². The summed E-state index contributed by atoms with van der Waals surface area (Å²) in [5.74, 6) is -0.192. The number of halogens is 3. The lowest BCUT2D eigenvalue weighted by Gasteiger charge is -2.26. The fourth-order valence-electron chi connectivity index (χ4n) is 1.14. The summed E-state index contributed by atoms with van der Waals surface area (Å²) in [5, 5.41) is 0. The summed E-state index contributed by atoms with van der Waals surface area (Å²) < 4.78 is 47.0. The predicted molar refractivity (Wildman–Crippen MR) is 48.9 cm³/mol. The molecule has 1 saturated heterocycles. The molecule has 0 aromatic carbocycles. The molecule has 0 spiro atoms. The molecule has 4 nitrogen and oxygen atoms in total. The molecule has 1 aliphatic rings. The third-order valence-corrected chi connectivity index (χ3v) is 2.07. The summed E-state index contributed by atoms with van der Waals surface area (Å²) in [4.78, 5) is 3.34. The lowest BCUT2D eigenvalue weighted by molar-refractivity contribution is -0.141. The summed E-state index contributed by atoms with van der Waals surface area (Å²) in [6.07, 6.45) is -4.76. The van der Waals surface area contributed by atoms with Crippen LogP contribution in [0.2, 0.25) is 0 Å². The van der Waals surface area contributed by atoms with E-state index in [1.165, 1.54) is 0 Å². The Kier molecular flexibility index (Phi) is 2.63. The smallest absolute Gasteiger partial charge is 0.433 e. The highest BCUT2D eigenvalue weighted by molar-refractivity contribution is 5.48. The fraction of sp³-hybridized carbons (Fsp3) is 0.444. The average Bonchev–Trinajstić information content (AvgIpc) is 2.11. The number of nitrogen functional groups attached to an aromatic ring is 1. The van der Waals surface area contributed by atoms with Crippen molar-refractivity contribution in [2.24, 2.45) is 0 Å². The molecule has 0 bridgehead atoms. The number of anilines is 1. The molecule has 0 amide bonds. The highest BCUT2D eigenvalue weighted by Gasteiger charge is 2.33. The number of alkyl halides is 3. The molecule has 7 heteroatoms. The Morgan fingerprint density at radius 3 is 2.56 bits per heavy atom. The van der Waals surface area contributed by atoms with Gasteiger partial charge in [-0.2, -0.15) is 13.2 Å². The normalized spacial score (nSPS) is 16.9. The number of nitrogens with two attached hydrogens (primary N) is 1. The van der Waals surface area contributed by atoms with Crippen molar-refractivity contribution in [2.45, 2.75) is 12.3 Å². The van der Waals surface area contributed by atoms with Crippen molar-refractivity contribution in [2.75, 3.05) is 18.9 Å². The van der Waals surface area contributed by atoms with E-state index >= 15 is 0 Å². The van der Waals surface area contributed by atoms with E-state index in [4.69, 9.17) is 15.2 Å². The number of pyridine rings is 1. The van der Waals surface area contributed by atoms with Gasteiger partial charge in [0.2, 0.25) is 5.88 Å². The van der Waals surface area contributed by atoms with Gasteiger partial charge in [-0.05, 0) is 12.1 Å². The monoisotopic (exact) mass is 234 g/mol. The minimum atomic E-state index is -4.50. The van der Waals surface area contributed by atoms with Gasteiger partial charge < -0.3 is 15.2 Å². The zero-order valence-electron chi connectivity index (χ0n) is 8.12. The quantitative estimate of drug-likeness (QED) is 0.841. The first kappa shape index (κ1) is 11.0. The second-order valence-electron chi connectivity index (χ2n) is 3.37. The molecule has 0 atom stereocenters. The van der Waals surface area contributed by atoms with Crippen LogP contribution in [-0.2, 0) is 10.9 Å². The Morgan fingerprint density at radius 2 is 2.06 bits per heavy atom. The van der Waals surface area contributed by atoms with E-state index < -0.39 is 11.9 Å². The van der Waals surface area contributed by atoms with Crippen molar-refractivity contribution < 1.29 is 22.6 Å². The topological polar surface area (TPSA) is 57.4 Å².